The topological polar surface area (TPSA) is 87.6 Å². The third-order valence-corrected chi connectivity index (χ3v) is 3.62. The van der Waals surface area contributed by atoms with Crippen molar-refractivity contribution in [3.05, 3.63) is 32.8 Å². The molecule has 110 valence electrons. The molecule has 1 saturated carbocycles. The molecule has 1 aliphatic rings. The van der Waals surface area contributed by atoms with Gasteiger partial charge in [-0.15, -0.1) is 0 Å². The number of rotatable bonds is 6. The molecule has 0 bridgehead atoms. The van der Waals surface area contributed by atoms with Gasteiger partial charge >= 0.3 is 0 Å². The fourth-order valence-electron chi connectivity index (χ4n) is 2.11. The van der Waals surface area contributed by atoms with Gasteiger partial charge in [-0.25, -0.2) is 0 Å². The lowest BCUT2D eigenvalue weighted by Gasteiger charge is -2.41. The van der Waals surface area contributed by atoms with Crippen LogP contribution in [0, 0.1) is 10.1 Å². The van der Waals surface area contributed by atoms with Crippen molar-refractivity contribution in [2.24, 2.45) is 5.73 Å². The number of nitro groups is 1. The second-order valence-corrected chi connectivity index (χ2v) is 5.71. The Balaban J connectivity index is 2.04. The highest BCUT2D eigenvalue weighted by Gasteiger charge is 2.41. The summed E-state index contributed by atoms with van der Waals surface area (Å²) in [6, 6.07) is 4.51. The smallest absolute Gasteiger partial charge is 0.274 e. The van der Waals surface area contributed by atoms with Crippen molar-refractivity contribution in [1.82, 2.24) is 0 Å². The van der Waals surface area contributed by atoms with Crippen LogP contribution in [0.2, 0.25) is 0 Å². The first-order chi connectivity index (χ1) is 9.51. The fraction of sp³-hybridized carbons (Fsp3) is 0.538. The number of nitrogens with two attached hydrogens (primary N) is 1. The predicted molar refractivity (Wildman–Crippen MR) is 77.8 cm³/mol. The Labute approximate surface area is 125 Å². The van der Waals surface area contributed by atoms with Gasteiger partial charge in [0.15, 0.2) is 0 Å². The Morgan fingerprint density at radius 1 is 1.50 bits per heavy atom. The van der Waals surface area contributed by atoms with E-state index in [1.807, 2.05) is 6.92 Å². The molecule has 0 aliphatic heterocycles. The number of halogens is 1. The standard InChI is InChI=1S/C13H17BrN2O4/c1-2-3-19-13-11(15)7-12(13)20-10-5-8(14)4-9(6-10)16(17)18/h4-6,11-13H,2-3,7,15H2,1H3. The summed E-state index contributed by atoms with van der Waals surface area (Å²) in [5.74, 6) is 0.452. The minimum atomic E-state index is -0.449. The maximum Gasteiger partial charge on any atom is 0.274 e. The normalized spacial score (nSPS) is 25.1. The van der Waals surface area contributed by atoms with Crippen molar-refractivity contribution in [2.75, 3.05) is 6.61 Å². The summed E-state index contributed by atoms with van der Waals surface area (Å²) in [5.41, 5.74) is 5.88. The van der Waals surface area contributed by atoms with Gasteiger partial charge in [-0.1, -0.05) is 22.9 Å². The zero-order valence-corrected chi connectivity index (χ0v) is 12.7. The monoisotopic (exact) mass is 344 g/mol. The van der Waals surface area contributed by atoms with E-state index in [1.54, 1.807) is 6.07 Å². The number of nitrogens with zero attached hydrogens (tertiary/aromatic N) is 1. The van der Waals surface area contributed by atoms with Crippen molar-refractivity contribution in [3.8, 4) is 5.75 Å². The average molecular weight is 345 g/mol. The number of hydrogen-bond acceptors (Lipinski definition) is 5. The molecule has 6 nitrogen and oxygen atoms in total. The fourth-order valence-corrected chi connectivity index (χ4v) is 2.57. The quantitative estimate of drug-likeness (QED) is 0.633. The first-order valence-corrected chi connectivity index (χ1v) is 7.29. The van der Waals surface area contributed by atoms with Gasteiger partial charge in [-0.2, -0.15) is 0 Å². The van der Waals surface area contributed by atoms with Gasteiger partial charge in [-0.05, 0) is 12.5 Å². The minimum absolute atomic E-state index is 0.0102. The molecule has 2 N–H and O–H groups in total. The number of hydrogen-bond donors (Lipinski definition) is 1. The molecular formula is C13H17BrN2O4. The molecule has 0 amide bonds. The second kappa shape index (κ2) is 6.51. The van der Waals surface area contributed by atoms with Crippen LogP contribution in [0.15, 0.2) is 22.7 Å². The Hall–Kier alpha value is -1.18. The lowest BCUT2D eigenvalue weighted by molar-refractivity contribution is -0.385. The van der Waals surface area contributed by atoms with Crippen molar-refractivity contribution in [3.63, 3.8) is 0 Å². The summed E-state index contributed by atoms with van der Waals surface area (Å²) in [6.07, 6.45) is 1.31. The lowest BCUT2D eigenvalue weighted by atomic mass is 9.86. The van der Waals surface area contributed by atoms with E-state index in [0.29, 0.717) is 23.2 Å². The molecule has 1 aromatic carbocycles. The summed E-state index contributed by atoms with van der Waals surface area (Å²) in [7, 11) is 0. The first-order valence-electron chi connectivity index (χ1n) is 6.50. The maximum absolute atomic E-state index is 10.8. The molecule has 1 fully saturated rings. The molecule has 0 radical (unpaired) electrons. The van der Waals surface area contributed by atoms with E-state index in [-0.39, 0.29) is 23.9 Å². The Morgan fingerprint density at radius 2 is 2.25 bits per heavy atom. The van der Waals surface area contributed by atoms with Crippen molar-refractivity contribution in [1.29, 1.82) is 0 Å². The molecule has 1 aromatic rings. The van der Waals surface area contributed by atoms with Crippen LogP contribution in [0.4, 0.5) is 5.69 Å². The molecule has 7 heteroatoms. The molecule has 0 heterocycles. The van der Waals surface area contributed by atoms with E-state index in [9.17, 15) is 10.1 Å². The SMILES string of the molecule is CCCOC1C(N)CC1Oc1cc(Br)cc([N+](=O)[O-])c1. The van der Waals surface area contributed by atoms with Crippen LogP contribution >= 0.6 is 15.9 Å². The molecule has 0 saturated heterocycles. The summed E-state index contributed by atoms with van der Waals surface area (Å²) < 4.78 is 12.0. The van der Waals surface area contributed by atoms with Gasteiger partial charge in [0.2, 0.25) is 0 Å². The van der Waals surface area contributed by atoms with Crippen molar-refractivity contribution in [2.45, 2.75) is 38.0 Å². The van der Waals surface area contributed by atoms with Gasteiger partial charge in [0.25, 0.3) is 5.69 Å². The predicted octanol–water partition coefficient (Wildman–Crippen LogP) is 2.63. The molecule has 0 aromatic heterocycles. The highest BCUT2D eigenvalue weighted by molar-refractivity contribution is 9.10. The minimum Gasteiger partial charge on any atom is -0.487 e. The zero-order chi connectivity index (χ0) is 14.7. The Morgan fingerprint density at radius 3 is 2.85 bits per heavy atom. The number of benzene rings is 1. The first kappa shape index (κ1) is 15.2. The highest BCUT2D eigenvalue weighted by Crippen LogP contribution is 2.31. The van der Waals surface area contributed by atoms with Gasteiger partial charge in [0, 0.05) is 29.6 Å². The Kier molecular flexibility index (Phi) is 4.95. The average Bonchev–Trinajstić information content (AvgIpc) is 2.37. The molecule has 2 rings (SSSR count). The van der Waals surface area contributed by atoms with E-state index < -0.39 is 4.92 Å². The molecule has 3 atom stereocenters. The largest absolute Gasteiger partial charge is 0.487 e. The number of non-ortho nitro benzene ring substituents is 1. The van der Waals surface area contributed by atoms with Gasteiger partial charge < -0.3 is 15.2 Å². The summed E-state index contributed by atoms with van der Waals surface area (Å²) in [5, 5.41) is 10.8. The van der Waals surface area contributed by atoms with Crippen LogP contribution in [0.25, 0.3) is 0 Å². The van der Waals surface area contributed by atoms with Gasteiger partial charge in [-0.3, -0.25) is 10.1 Å². The molecule has 0 spiro atoms. The molecule has 1 aliphatic carbocycles. The Bertz CT molecular complexity index is 497. The molecular weight excluding hydrogens is 328 g/mol. The van der Waals surface area contributed by atoms with Crippen LogP contribution in [0.3, 0.4) is 0 Å². The van der Waals surface area contributed by atoms with Crippen molar-refractivity contribution < 1.29 is 14.4 Å². The van der Waals surface area contributed by atoms with Gasteiger partial charge in [0.1, 0.15) is 18.0 Å². The van der Waals surface area contributed by atoms with E-state index >= 15 is 0 Å². The van der Waals surface area contributed by atoms with E-state index in [0.717, 1.165) is 6.42 Å². The summed E-state index contributed by atoms with van der Waals surface area (Å²) in [4.78, 5) is 10.4. The number of ether oxygens (including phenoxy) is 2. The lowest BCUT2D eigenvalue weighted by Crippen LogP contribution is -2.59. The van der Waals surface area contributed by atoms with E-state index in [1.165, 1.54) is 12.1 Å². The summed E-state index contributed by atoms with van der Waals surface area (Å²) >= 11 is 3.24. The van der Waals surface area contributed by atoms with Crippen molar-refractivity contribution >= 4 is 21.6 Å². The van der Waals surface area contributed by atoms with E-state index in [2.05, 4.69) is 15.9 Å². The van der Waals surface area contributed by atoms with E-state index in [4.69, 9.17) is 15.2 Å². The zero-order valence-electron chi connectivity index (χ0n) is 11.1. The van der Waals surface area contributed by atoms with Gasteiger partial charge in [0.05, 0.1) is 11.0 Å². The third-order valence-electron chi connectivity index (χ3n) is 3.16. The van der Waals surface area contributed by atoms with Crippen LogP contribution in [0.1, 0.15) is 19.8 Å². The van der Waals surface area contributed by atoms with Crippen LogP contribution in [-0.2, 0) is 4.74 Å². The summed E-state index contributed by atoms with van der Waals surface area (Å²) in [6.45, 7) is 2.66. The highest BCUT2D eigenvalue weighted by atomic mass is 79.9. The van der Waals surface area contributed by atoms with Crippen LogP contribution in [0.5, 0.6) is 5.75 Å². The second-order valence-electron chi connectivity index (χ2n) is 4.79. The number of nitro benzene ring substituents is 1. The maximum atomic E-state index is 10.8. The van der Waals surface area contributed by atoms with Crippen LogP contribution in [-0.4, -0.2) is 29.8 Å². The molecule has 3 unspecified atom stereocenters. The third kappa shape index (κ3) is 3.47. The molecule has 20 heavy (non-hydrogen) atoms. The van der Waals surface area contributed by atoms with Crippen LogP contribution < -0.4 is 10.5 Å².